The van der Waals surface area contributed by atoms with Gasteiger partial charge in [0.15, 0.2) is 5.60 Å². The molecule has 3 aliphatic rings. The van der Waals surface area contributed by atoms with Crippen LogP contribution in [0.5, 0.6) is 0 Å². The number of aliphatic hydroxyl groups is 1. The lowest BCUT2D eigenvalue weighted by atomic mass is 9.82. The maximum atomic E-state index is 14.8. The minimum absolute atomic E-state index is 0.0616. The van der Waals surface area contributed by atoms with Gasteiger partial charge < -0.3 is 20.1 Å². The lowest BCUT2D eigenvalue weighted by Gasteiger charge is -2.31. The minimum atomic E-state index is -1.90. The molecule has 6 rings (SSSR count). The van der Waals surface area contributed by atoms with Crippen LogP contribution in [0.15, 0.2) is 21.9 Å². The third-order valence-electron chi connectivity index (χ3n) is 7.61. The molecule has 34 heavy (non-hydrogen) atoms. The normalized spacial score (nSPS) is 22.6. The second-order valence-corrected chi connectivity index (χ2v) is 9.16. The Balaban J connectivity index is 1.70. The molecule has 0 radical (unpaired) electrons. The molecule has 0 bridgehead atoms. The van der Waals surface area contributed by atoms with Crippen LogP contribution < -0.4 is 11.3 Å². The Hall–Kier alpha value is -3.59. The van der Waals surface area contributed by atoms with Crippen molar-refractivity contribution in [3.63, 3.8) is 0 Å². The van der Waals surface area contributed by atoms with Crippen molar-refractivity contribution in [1.82, 2.24) is 9.55 Å². The molecule has 4 heterocycles. The van der Waals surface area contributed by atoms with Gasteiger partial charge in [-0.2, -0.15) is 0 Å². The van der Waals surface area contributed by atoms with E-state index in [1.54, 1.807) is 24.5 Å². The molecule has 3 aromatic rings. The van der Waals surface area contributed by atoms with Crippen LogP contribution in [-0.4, -0.2) is 27.0 Å². The van der Waals surface area contributed by atoms with Gasteiger partial charge in [0.05, 0.1) is 41.4 Å². The zero-order valence-electron chi connectivity index (χ0n) is 18.8. The van der Waals surface area contributed by atoms with E-state index < -0.39 is 11.6 Å². The summed E-state index contributed by atoms with van der Waals surface area (Å²) in [5.41, 5.74) is 8.69. The number of hydrogen-bond acceptors (Lipinski definition) is 6. The number of carbonyl (C=O) groups excluding carboxylic acids is 1. The minimum Gasteiger partial charge on any atom is -0.458 e. The van der Waals surface area contributed by atoms with Crippen LogP contribution in [0.3, 0.4) is 0 Å². The zero-order chi connectivity index (χ0) is 23.9. The van der Waals surface area contributed by atoms with Gasteiger partial charge in [0.25, 0.3) is 5.56 Å². The Morgan fingerprint density at radius 2 is 2.15 bits per heavy atom. The average molecular weight is 462 g/mol. The summed E-state index contributed by atoms with van der Waals surface area (Å²) < 4.78 is 21.5. The molecule has 2 aromatic heterocycles. The number of esters is 1. The maximum Gasteiger partial charge on any atom is 0.343 e. The first-order valence-corrected chi connectivity index (χ1v) is 11.3. The number of aromatic nitrogens is 2. The number of nitrogens with zero attached hydrogens (tertiary/aromatic N) is 3. The van der Waals surface area contributed by atoms with Crippen LogP contribution in [0.1, 0.15) is 59.2 Å². The summed E-state index contributed by atoms with van der Waals surface area (Å²) in [6, 6.07) is 2.84. The van der Waals surface area contributed by atoms with Crippen LogP contribution in [0.4, 0.5) is 4.39 Å². The number of aliphatic imine (C=N–C) groups is 1. The fourth-order valence-electron chi connectivity index (χ4n) is 5.78. The molecule has 1 aliphatic carbocycles. The van der Waals surface area contributed by atoms with E-state index in [9.17, 15) is 19.1 Å². The first-order chi connectivity index (χ1) is 16.3. The monoisotopic (exact) mass is 462 g/mol. The molecule has 8 nitrogen and oxygen atoms in total. The van der Waals surface area contributed by atoms with Crippen molar-refractivity contribution in [2.24, 2.45) is 10.7 Å². The summed E-state index contributed by atoms with van der Waals surface area (Å²) in [6.45, 7) is 3.50. The molecule has 9 heteroatoms. The smallest absolute Gasteiger partial charge is 0.343 e. The van der Waals surface area contributed by atoms with E-state index in [1.807, 2.05) is 0 Å². The summed E-state index contributed by atoms with van der Waals surface area (Å²) >= 11 is 0. The van der Waals surface area contributed by atoms with Crippen molar-refractivity contribution < 1.29 is 19.0 Å². The van der Waals surface area contributed by atoms with Crippen LogP contribution in [0, 0.1) is 12.7 Å². The van der Waals surface area contributed by atoms with E-state index in [0.717, 1.165) is 22.1 Å². The lowest BCUT2D eigenvalue weighted by molar-refractivity contribution is -0.172. The summed E-state index contributed by atoms with van der Waals surface area (Å²) in [5, 5.41) is 11.9. The van der Waals surface area contributed by atoms with Gasteiger partial charge >= 0.3 is 5.97 Å². The van der Waals surface area contributed by atoms with Crippen molar-refractivity contribution in [3.05, 3.63) is 61.7 Å². The second-order valence-electron chi connectivity index (χ2n) is 9.16. The summed E-state index contributed by atoms with van der Waals surface area (Å²) in [7, 11) is 0. The molecule has 3 N–H and O–H groups in total. The van der Waals surface area contributed by atoms with Gasteiger partial charge in [-0.15, -0.1) is 0 Å². The van der Waals surface area contributed by atoms with Crippen molar-refractivity contribution in [1.29, 1.82) is 0 Å². The molecule has 0 spiro atoms. The van der Waals surface area contributed by atoms with Crippen LogP contribution in [0.25, 0.3) is 22.3 Å². The summed E-state index contributed by atoms with van der Waals surface area (Å²) in [6.07, 6.45) is 2.66. The molecule has 0 unspecified atom stereocenters. The van der Waals surface area contributed by atoms with Crippen molar-refractivity contribution in [2.45, 2.75) is 57.9 Å². The van der Waals surface area contributed by atoms with E-state index >= 15 is 0 Å². The number of hydrogen-bond donors (Lipinski definition) is 2. The second kappa shape index (κ2) is 6.96. The van der Waals surface area contributed by atoms with E-state index in [1.165, 1.54) is 12.4 Å². The highest BCUT2D eigenvalue weighted by molar-refractivity contribution is 5.93. The molecular weight excluding hydrogens is 439 g/mol. The Labute approximate surface area is 193 Å². The van der Waals surface area contributed by atoms with Gasteiger partial charge in [-0.05, 0) is 48.9 Å². The van der Waals surface area contributed by atoms with Crippen molar-refractivity contribution in [3.8, 4) is 11.4 Å². The molecule has 2 atom stereocenters. The van der Waals surface area contributed by atoms with Gasteiger partial charge in [-0.3, -0.25) is 9.79 Å². The number of aryl methyl sites for hydroxylation is 1. The number of pyridine rings is 2. The van der Waals surface area contributed by atoms with Gasteiger partial charge in [0.2, 0.25) is 0 Å². The number of ether oxygens (including phenoxy) is 1. The molecular formula is C25H23FN4O4. The van der Waals surface area contributed by atoms with Crippen molar-refractivity contribution in [2.75, 3.05) is 0 Å². The Morgan fingerprint density at radius 3 is 2.88 bits per heavy atom. The quantitative estimate of drug-likeness (QED) is 0.268. The summed E-state index contributed by atoms with van der Waals surface area (Å²) in [4.78, 5) is 35.2. The highest BCUT2D eigenvalue weighted by Crippen LogP contribution is 2.46. The van der Waals surface area contributed by atoms with Gasteiger partial charge in [0.1, 0.15) is 12.4 Å². The highest BCUT2D eigenvalue weighted by Gasteiger charge is 2.45. The number of halogens is 1. The highest BCUT2D eigenvalue weighted by atomic mass is 19.1. The predicted molar refractivity (Wildman–Crippen MR) is 123 cm³/mol. The number of carbonyl (C=O) groups is 1. The topological polar surface area (TPSA) is 120 Å². The molecule has 1 aromatic carbocycles. The standard InChI is InChI=1S/C25H23FN4O4/c1-3-25(33)15-6-19-22-13(8-30(19)23(31)14(15)9-34-24(25)32)21-17(28-10-27)5-4-12-11(2)16(26)7-18(29-22)20(12)21/h6-7,10,17,33H,3-5,8-9H2,1-2H3,(H2,27,28)/t17-,25-/m0/s1. The molecule has 2 aliphatic heterocycles. The maximum absolute atomic E-state index is 14.8. The predicted octanol–water partition coefficient (Wildman–Crippen LogP) is 2.50. The number of benzene rings is 1. The third kappa shape index (κ3) is 2.50. The van der Waals surface area contributed by atoms with Gasteiger partial charge in [-0.25, -0.2) is 14.2 Å². The van der Waals surface area contributed by atoms with E-state index in [0.29, 0.717) is 35.3 Å². The Morgan fingerprint density at radius 1 is 1.35 bits per heavy atom. The largest absolute Gasteiger partial charge is 0.458 e. The van der Waals surface area contributed by atoms with Gasteiger partial charge in [0, 0.05) is 22.6 Å². The zero-order valence-corrected chi connectivity index (χ0v) is 18.8. The number of cyclic esters (lactones) is 1. The molecule has 174 valence electrons. The first-order valence-electron chi connectivity index (χ1n) is 11.3. The first kappa shape index (κ1) is 21.0. The Kier molecular flexibility index (Phi) is 4.29. The van der Waals surface area contributed by atoms with E-state index in [2.05, 4.69) is 4.99 Å². The van der Waals surface area contributed by atoms with Gasteiger partial charge in [-0.1, -0.05) is 6.92 Å². The fourth-order valence-corrected chi connectivity index (χ4v) is 5.78. The van der Waals surface area contributed by atoms with E-state index in [4.69, 9.17) is 15.5 Å². The van der Waals surface area contributed by atoms with Crippen molar-refractivity contribution >= 4 is 23.2 Å². The fraction of sp³-hybridized carbons (Fsp3) is 0.360. The van der Waals surface area contributed by atoms with Crippen LogP contribution in [-0.2, 0) is 34.7 Å². The van der Waals surface area contributed by atoms with Crippen LogP contribution >= 0.6 is 0 Å². The summed E-state index contributed by atoms with van der Waals surface area (Å²) in [5.74, 6) is -1.10. The number of fused-ring (bicyclic) bond motifs is 5. The molecule has 0 saturated heterocycles. The number of rotatable bonds is 2. The molecule has 0 saturated carbocycles. The Bertz CT molecular complexity index is 1530. The SMILES string of the molecule is CC[C@@]1(O)C(=O)OCc2c1cc1n(c2=O)Cc2c-1nc1cc(F)c(C)c3c1c2[C@@H](N=CN)CC3. The lowest BCUT2D eigenvalue weighted by Crippen LogP contribution is -2.44. The molecule has 0 fully saturated rings. The van der Waals surface area contributed by atoms with Crippen LogP contribution in [0.2, 0.25) is 0 Å². The third-order valence-corrected chi connectivity index (χ3v) is 7.61. The average Bonchev–Trinajstić information content (AvgIpc) is 3.19. The van der Waals surface area contributed by atoms with E-state index in [-0.39, 0.29) is 48.1 Å². The number of nitrogens with two attached hydrogens (primary N) is 1. The molecule has 0 amide bonds.